The topological polar surface area (TPSA) is 92.6 Å². The normalized spacial score (nSPS) is 18.9. The Labute approximate surface area is 231 Å². The number of ether oxygens (including phenoxy) is 1. The molecule has 1 aromatic heterocycles. The van der Waals surface area contributed by atoms with E-state index >= 15 is 0 Å². The second-order valence-corrected chi connectivity index (χ2v) is 12.4. The maximum Gasteiger partial charge on any atom is 0.411 e. The fourth-order valence-electron chi connectivity index (χ4n) is 5.21. The molecule has 2 heterocycles. The van der Waals surface area contributed by atoms with Crippen LogP contribution in [0.5, 0.6) is 0 Å². The fourth-order valence-corrected chi connectivity index (χ4v) is 5.21. The first-order chi connectivity index (χ1) is 18.3. The SMILES string of the molecule is C[C@@H](c1ccc(-c2ccc(C(=O)CC(C)(C)C)nn2)cc1)N1CC[C@](CC(C)(C)O)(c2ccccc2)OC1=O. The van der Waals surface area contributed by atoms with E-state index in [-0.39, 0.29) is 17.2 Å². The van der Waals surface area contributed by atoms with Gasteiger partial charge in [0.2, 0.25) is 0 Å². The third-order valence-electron chi connectivity index (χ3n) is 7.09. The van der Waals surface area contributed by atoms with E-state index in [1.807, 2.05) is 88.4 Å². The van der Waals surface area contributed by atoms with Crippen LogP contribution in [0.25, 0.3) is 11.3 Å². The van der Waals surface area contributed by atoms with Crippen molar-refractivity contribution in [3.8, 4) is 11.3 Å². The molecule has 206 valence electrons. The maximum atomic E-state index is 13.3. The Morgan fingerprint density at radius 1 is 1.00 bits per heavy atom. The largest absolute Gasteiger partial charge is 0.438 e. The zero-order valence-electron chi connectivity index (χ0n) is 23.8. The quantitative estimate of drug-likeness (QED) is 0.326. The van der Waals surface area contributed by atoms with Crippen LogP contribution in [0.1, 0.15) is 88.5 Å². The molecule has 3 aromatic rings. The zero-order valence-corrected chi connectivity index (χ0v) is 23.8. The Balaban J connectivity index is 1.47. The lowest BCUT2D eigenvalue weighted by Crippen LogP contribution is -2.51. The molecule has 39 heavy (non-hydrogen) atoms. The Kier molecular flexibility index (Phi) is 7.94. The van der Waals surface area contributed by atoms with Crippen molar-refractivity contribution in [1.82, 2.24) is 15.1 Å². The van der Waals surface area contributed by atoms with E-state index in [0.29, 0.717) is 37.2 Å². The molecular formula is C32H39N3O4. The molecule has 0 unspecified atom stereocenters. The molecule has 0 radical (unpaired) electrons. The summed E-state index contributed by atoms with van der Waals surface area (Å²) in [6.45, 7) is 12.0. The van der Waals surface area contributed by atoms with Gasteiger partial charge >= 0.3 is 6.09 Å². The number of Topliss-reactive ketones (excluding diaryl/α,β-unsaturated/α-hetero) is 1. The van der Waals surface area contributed by atoms with Crippen LogP contribution in [0.3, 0.4) is 0 Å². The number of carbonyl (C=O) groups excluding carboxylic acids is 2. The van der Waals surface area contributed by atoms with Crippen LogP contribution < -0.4 is 0 Å². The lowest BCUT2D eigenvalue weighted by atomic mass is 9.80. The Morgan fingerprint density at radius 3 is 2.21 bits per heavy atom. The average molecular weight is 530 g/mol. The van der Waals surface area contributed by atoms with Crippen molar-refractivity contribution in [3.05, 3.63) is 83.6 Å². The predicted octanol–water partition coefficient (Wildman–Crippen LogP) is 6.72. The summed E-state index contributed by atoms with van der Waals surface area (Å²) in [7, 11) is 0. The highest BCUT2D eigenvalue weighted by Crippen LogP contribution is 2.42. The number of hydrogen-bond donors (Lipinski definition) is 1. The van der Waals surface area contributed by atoms with E-state index in [2.05, 4.69) is 10.2 Å². The number of amides is 1. The minimum atomic E-state index is -0.999. The van der Waals surface area contributed by atoms with Crippen molar-refractivity contribution >= 4 is 11.9 Å². The van der Waals surface area contributed by atoms with Gasteiger partial charge in [-0.3, -0.25) is 4.79 Å². The lowest BCUT2D eigenvalue weighted by molar-refractivity contribution is -0.101. The number of ketones is 1. The van der Waals surface area contributed by atoms with Crippen LogP contribution in [0.15, 0.2) is 66.7 Å². The number of aromatic nitrogens is 2. The van der Waals surface area contributed by atoms with E-state index in [1.165, 1.54) is 0 Å². The van der Waals surface area contributed by atoms with Crippen LogP contribution in [-0.4, -0.2) is 44.2 Å². The van der Waals surface area contributed by atoms with Crippen LogP contribution in [0.4, 0.5) is 4.79 Å². The Morgan fingerprint density at radius 2 is 1.67 bits per heavy atom. The summed E-state index contributed by atoms with van der Waals surface area (Å²) in [6, 6.07) is 20.9. The standard InChI is InChI=1S/C32H39N3O4/c1-22(35-19-18-32(39-29(35)37,21-31(5,6)38)25-10-8-7-9-11-25)23-12-14-24(15-13-23)26-16-17-27(34-33-26)28(36)20-30(2,3)4/h7-17,22,38H,18-21H2,1-6H3/t22-,32-/m0/s1. The smallest absolute Gasteiger partial charge is 0.411 e. The summed E-state index contributed by atoms with van der Waals surface area (Å²) in [5, 5.41) is 19.0. The van der Waals surface area contributed by atoms with Crippen molar-refractivity contribution in [2.45, 2.75) is 78.0 Å². The van der Waals surface area contributed by atoms with Crippen LogP contribution in [0, 0.1) is 5.41 Å². The minimum Gasteiger partial charge on any atom is -0.438 e. The van der Waals surface area contributed by atoms with E-state index in [4.69, 9.17) is 4.74 Å². The summed E-state index contributed by atoms with van der Waals surface area (Å²) in [4.78, 5) is 27.5. The second-order valence-electron chi connectivity index (χ2n) is 12.4. The van der Waals surface area contributed by atoms with Gasteiger partial charge in [0.05, 0.1) is 17.3 Å². The lowest BCUT2D eigenvalue weighted by Gasteiger charge is -2.45. The highest BCUT2D eigenvalue weighted by atomic mass is 16.6. The molecule has 1 aliphatic heterocycles. The van der Waals surface area contributed by atoms with Crippen LogP contribution in [0.2, 0.25) is 0 Å². The van der Waals surface area contributed by atoms with Gasteiger partial charge in [0.25, 0.3) is 0 Å². The molecule has 0 aliphatic carbocycles. The predicted molar refractivity (Wildman–Crippen MR) is 151 cm³/mol. The first-order valence-electron chi connectivity index (χ1n) is 13.5. The van der Waals surface area contributed by atoms with Gasteiger partial charge in [0.15, 0.2) is 5.78 Å². The van der Waals surface area contributed by atoms with Gasteiger partial charge in [-0.2, -0.15) is 0 Å². The highest BCUT2D eigenvalue weighted by Gasteiger charge is 2.46. The molecule has 1 fully saturated rings. The van der Waals surface area contributed by atoms with Gasteiger partial charge in [0, 0.05) is 31.4 Å². The van der Waals surface area contributed by atoms with E-state index in [1.54, 1.807) is 24.8 Å². The minimum absolute atomic E-state index is 0.0158. The molecule has 1 N–H and O–H groups in total. The van der Waals surface area contributed by atoms with Crippen molar-refractivity contribution in [2.75, 3.05) is 6.54 Å². The first-order valence-corrected chi connectivity index (χ1v) is 13.5. The molecule has 0 spiro atoms. The molecule has 1 amide bonds. The molecule has 7 nitrogen and oxygen atoms in total. The number of aliphatic hydroxyl groups is 1. The van der Waals surface area contributed by atoms with Crippen molar-refractivity contribution in [2.24, 2.45) is 5.41 Å². The molecule has 4 rings (SSSR count). The number of cyclic esters (lactones) is 1. The molecule has 2 atom stereocenters. The third-order valence-corrected chi connectivity index (χ3v) is 7.09. The number of hydrogen-bond acceptors (Lipinski definition) is 6. The van der Waals surface area contributed by atoms with Gasteiger partial charge < -0.3 is 14.7 Å². The van der Waals surface area contributed by atoms with Crippen molar-refractivity contribution in [1.29, 1.82) is 0 Å². The molecular weight excluding hydrogens is 490 g/mol. The molecule has 1 aliphatic rings. The van der Waals surface area contributed by atoms with Gasteiger partial charge in [-0.1, -0.05) is 75.4 Å². The average Bonchev–Trinajstić information content (AvgIpc) is 2.87. The van der Waals surface area contributed by atoms with Crippen molar-refractivity contribution < 1.29 is 19.4 Å². The summed E-state index contributed by atoms with van der Waals surface area (Å²) >= 11 is 0. The van der Waals surface area contributed by atoms with E-state index < -0.39 is 17.3 Å². The maximum absolute atomic E-state index is 13.3. The summed E-state index contributed by atoms with van der Waals surface area (Å²) in [5.41, 5.74) is 1.80. The first kappa shape index (κ1) is 28.4. The van der Waals surface area contributed by atoms with Gasteiger partial charge in [0.1, 0.15) is 11.3 Å². The van der Waals surface area contributed by atoms with Gasteiger partial charge in [-0.15, -0.1) is 10.2 Å². The van der Waals surface area contributed by atoms with Gasteiger partial charge in [-0.25, -0.2) is 4.79 Å². The number of rotatable bonds is 8. The number of nitrogens with zero attached hydrogens (tertiary/aromatic N) is 3. The van der Waals surface area contributed by atoms with Crippen molar-refractivity contribution in [3.63, 3.8) is 0 Å². The Hall–Kier alpha value is -3.58. The van der Waals surface area contributed by atoms with E-state index in [0.717, 1.165) is 16.7 Å². The second kappa shape index (κ2) is 10.9. The van der Waals surface area contributed by atoms with Crippen LogP contribution in [-0.2, 0) is 10.3 Å². The Bertz CT molecular complexity index is 1290. The summed E-state index contributed by atoms with van der Waals surface area (Å²) < 4.78 is 6.13. The summed E-state index contributed by atoms with van der Waals surface area (Å²) in [5.74, 6) is -0.0158. The van der Waals surface area contributed by atoms with Crippen LogP contribution >= 0.6 is 0 Å². The monoisotopic (exact) mass is 529 g/mol. The number of carbonyl (C=O) groups is 2. The molecule has 0 saturated carbocycles. The third kappa shape index (κ3) is 6.90. The molecule has 2 aromatic carbocycles. The zero-order chi connectivity index (χ0) is 28.4. The summed E-state index contributed by atoms with van der Waals surface area (Å²) in [6.07, 6.45) is 0.906. The fraction of sp³-hybridized carbons (Fsp3) is 0.438. The molecule has 1 saturated heterocycles. The molecule has 0 bridgehead atoms. The molecule has 7 heteroatoms. The van der Waals surface area contributed by atoms with Gasteiger partial charge in [-0.05, 0) is 49.4 Å². The highest BCUT2D eigenvalue weighted by molar-refractivity contribution is 5.94. The van der Waals surface area contributed by atoms with E-state index in [9.17, 15) is 14.7 Å². The number of benzene rings is 2.